The molecule has 126 valence electrons. The van der Waals surface area contributed by atoms with Crippen LogP contribution in [0.4, 0.5) is 0 Å². The number of carbonyl (C=O) groups excluding carboxylic acids is 2. The highest BCUT2D eigenvalue weighted by Crippen LogP contribution is 2.11. The predicted octanol–water partition coefficient (Wildman–Crippen LogP) is 1.59. The largest absolute Gasteiger partial charge is 0.343 e. The fraction of sp³-hybridized carbons (Fsp3) is 0.556. The molecule has 0 radical (unpaired) electrons. The Bertz CT molecular complexity index is 496. The molecule has 0 unspecified atom stereocenters. The van der Waals surface area contributed by atoms with E-state index in [0.29, 0.717) is 13.0 Å². The van der Waals surface area contributed by atoms with Gasteiger partial charge in [0.2, 0.25) is 12.3 Å². The lowest BCUT2D eigenvalue weighted by atomic mass is 10.1. The summed E-state index contributed by atoms with van der Waals surface area (Å²) >= 11 is 0. The van der Waals surface area contributed by atoms with E-state index in [1.54, 1.807) is 4.90 Å². The molecule has 2 amide bonds. The second kappa shape index (κ2) is 8.67. The Kier molecular flexibility index (Phi) is 6.59. The third-order valence-electron chi connectivity index (χ3n) is 4.34. The van der Waals surface area contributed by atoms with Crippen LogP contribution >= 0.6 is 0 Å². The summed E-state index contributed by atoms with van der Waals surface area (Å²) in [5.41, 5.74) is 1.16. The molecule has 0 aromatic heterocycles. The molecule has 0 bridgehead atoms. The molecule has 1 saturated heterocycles. The van der Waals surface area contributed by atoms with E-state index in [9.17, 15) is 9.59 Å². The first-order chi connectivity index (χ1) is 11.1. The van der Waals surface area contributed by atoms with E-state index < -0.39 is 0 Å². The van der Waals surface area contributed by atoms with Crippen molar-refractivity contribution in [3.8, 4) is 0 Å². The molecule has 23 heavy (non-hydrogen) atoms. The van der Waals surface area contributed by atoms with Crippen LogP contribution in [0.3, 0.4) is 0 Å². The average Bonchev–Trinajstić information content (AvgIpc) is 2.58. The Balaban J connectivity index is 1.83. The fourth-order valence-corrected chi connectivity index (χ4v) is 2.83. The standard InChI is InChI=1S/C18H27N3O2/c1-16(2)21(14-17-6-4-3-5-7-17)18(23)8-9-19-10-12-20(15-22)13-11-19/h3-7,15-16H,8-14H2,1-2H3. The van der Waals surface area contributed by atoms with Crippen molar-refractivity contribution >= 4 is 12.3 Å². The highest BCUT2D eigenvalue weighted by molar-refractivity contribution is 5.76. The molecular formula is C18H27N3O2. The fourth-order valence-electron chi connectivity index (χ4n) is 2.83. The molecule has 0 aliphatic carbocycles. The van der Waals surface area contributed by atoms with Gasteiger partial charge in [0.15, 0.2) is 0 Å². The Hall–Kier alpha value is -1.88. The summed E-state index contributed by atoms with van der Waals surface area (Å²) in [7, 11) is 0. The summed E-state index contributed by atoms with van der Waals surface area (Å²) in [5.74, 6) is 0.196. The van der Waals surface area contributed by atoms with Crippen molar-refractivity contribution in [2.45, 2.75) is 32.9 Å². The van der Waals surface area contributed by atoms with Crippen molar-refractivity contribution in [3.63, 3.8) is 0 Å². The van der Waals surface area contributed by atoms with Gasteiger partial charge in [0, 0.05) is 51.7 Å². The van der Waals surface area contributed by atoms with Gasteiger partial charge < -0.3 is 9.80 Å². The number of hydrogen-bond donors (Lipinski definition) is 0. The lowest BCUT2D eigenvalue weighted by molar-refractivity contribution is -0.134. The van der Waals surface area contributed by atoms with E-state index in [2.05, 4.69) is 30.9 Å². The van der Waals surface area contributed by atoms with Gasteiger partial charge in [-0.3, -0.25) is 14.5 Å². The molecular weight excluding hydrogens is 290 g/mol. The highest BCUT2D eigenvalue weighted by Gasteiger charge is 2.20. The first kappa shape index (κ1) is 17.5. The van der Waals surface area contributed by atoms with E-state index in [-0.39, 0.29) is 11.9 Å². The van der Waals surface area contributed by atoms with Gasteiger partial charge in [-0.05, 0) is 19.4 Å². The lowest BCUT2D eigenvalue weighted by Gasteiger charge is -2.33. The van der Waals surface area contributed by atoms with Crippen LogP contribution in [-0.2, 0) is 16.1 Å². The van der Waals surface area contributed by atoms with Gasteiger partial charge in [-0.25, -0.2) is 0 Å². The lowest BCUT2D eigenvalue weighted by Crippen LogP contribution is -2.47. The number of amides is 2. The van der Waals surface area contributed by atoms with Crippen molar-refractivity contribution < 1.29 is 9.59 Å². The summed E-state index contributed by atoms with van der Waals surface area (Å²) in [6, 6.07) is 10.3. The molecule has 2 rings (SSSR count). The SMILES string of the molecule is CC(C)N(Cc1ccccc1)C(=O)CCN1CCN(C=O)CC1. The van der Waals surface area contributed by atoms with Gasteiger partial charge in [0.1, 0.15) is 0 Å². The smallest absolute Gasteiger partial charge is 0.224 e. The molecule has 1 fully saturated rings. The zero-order chi connectivity index (χ0) is 16.7. The molecule has 0 atom stereocenters. The minimum Gasteiger partial charge on any atom is -0.343 e. The maximum absolute atomic E-state index is 12.6. The highest BCUT2D eigenvalue weighted by atomic mass is 16.2. The topological polar surface area (TPSA) is 43.9 Å². The Morgan fingerprint density at radius 2 is 1.83 bits per heavy atom. The van der Waals surface area contributed by atoms with Gasteiger partial charge in [0.25, 0.3) is 0 Å². The van der Waals surface area contributed by atoms with Crippen LogP contribution in [0.2, 0.25) is 0 Å². The van der Waals surface area contributed by atoms with Gasteiger partial charge in [-0.2, -0.15) is 0 Å². The maximum Gasteiger partial charge on any atom is 0.224 e. The number of nitrogens with zero attached hydrogens (tertiary/aromatic N) is 3. The second-order valence-electron chi connectivity index (χ2n) is 6.33. The number of hydrogen-bond acceptors (Lipinski definition) is 3. The Labute approximate surface area is 138 Å². The van der Waals surface area contributed by atoms with Crippen LogP contribution in [0, 0.1) is 0 Å². The van der Waals surface area contributed by atoms with Crippen molar-refractivity contribution in [1.29, 1.82) is 0 Å². The van der Waals surface area contributed by atoms with E-state index >= 15 is 0 Å². The van der Waals surface area contributed by atoms with Crippen molar-refractivity contribution in [1.82, 2.24) is 14.7 Å². The van der Waals surface area contributed by atoms with Gasteiger partial charge in [-0.1, -0.05) is 30.3 Å². The first-order valence-corrected chi connectivity index (χ1v) is 8.35. The summed E-state index contributed by atoms with van der Waals surface area (Å²) in [6.07, 6.45) is 1.44. The third-order valence-corrected chi connectivity index (χ3v) is 4.34. The minimum atomic E-state index is 0.189. The third kappa shape index (κ3) is 5.36. The molecule has 0 saturated carbocycles. The van der Waals surface area contributed by atoms with Crippen molar-refractivity contribution in [2.75, 3.05) is 32.7 Å². The van der Waals surface area contributed by atoms with E-state index in [0.717, 1.165) is 44.7 Å². The maximum atomic E-state index is 12.6. The number of rotatable bonds is 7. The zero-order valence-corrected chi connectivity index (χ0v) is 14.1. The second-order valence-corrected chi connectivity index (χ2v) is 6.33. The molecule has 1 heterocycles. The van der Waals surface area contributed by atoms with Crippen LogP contribution in [0.25, 0.3) is 0 Å². The van der Waals surface area contributed by atoms with Crippen LogP contribution in [0.15, 0.2) is 30.3 Å². The summed E-state index contributed by atoms with van der Waals surface area (Å²) < 4.78 is 0. The molecule has 5 heteroatoms. The molecule has 0 spiro atoms. The minimum absolute atomic E-state index is 0.189. The van der Waals surface area contributed by atoms with E-state index in [1.165, 1.54) is 0 Å². The van der Waals surface area contributed by atoms with Crippen LogP contribution in [0.5, 0.6) is 0 Å². The number of benzene rings is 1. The van der Waals surface area contributed by atoms with Crippen LogP contribution in [0.1, 0.15) is 25.8 Å². The van der Waals surface area contributed by atoms with E-state index in [4.69, 9.17) is 0 Å². The van der Waals surface area contributed by atoms with Gasteiger partial charge in [-0.15, -0.1) is 0 Å². The summed E-state index contributed by atoms with van der Waals surface area (Å²) in [5, 5.41) is 0. The summed E-state index contributed by atoms with van der Waals surface area (Å²) in [4.78, 5) is 29.3. The molecule has 1 aliphatic rings. The summed E-state index contributed by atoms with van der Waals surface area (Å²) in [6.45, 7) is 8.77. The quantitative estimate of drug-likeness (QED) is 0.717. The van der Waals surface area contributed by atoms with Gasteiger partial charge in [0.05, 0.1) is 0 Å². The number of carbonyl (C=O) groups is 2. The zero-order valence-electron chi connectivity index (χ0n) is 14.1. The molecule has 1 aromatic rings. The predicted molar refractivity (Wildman–Crippen MR) is 90.8 cm³/mol. The normalized spacial score (nSPS) is 15.7. The molecule has 0 N–H and O–H groups in total. The van der Waals surface area contributed by atoms with Crippen molar-refractivity contribution in [2.24, 2.45) is 0 Å². The Morgan fingerprint density at radius 3 is 2.39 bits per heavy atom. The van der Waals surface area contributed by atoms with E-state index in [1.807, 2.05) is 23.1 Å². The van der Waals surface area contributed by atoms with Crippen molar-refractivity contribution in [3.05, 3.63) is 35.9 Å². The first-order valence-electron chi connectivity index (χ1n) is 8.35. The van der Waals surface area contributed by atoms with Gasteiger partial charge >= 0.3 is 0 Å². The van der Waals surface area contributed by atoms with Crippen LogP contribution < -0.4 is 0 Å². The van der Waals surface area contributed by atoms with Crippen LogP contribution in [-0.4, -0.2) is 65.8 Å². The molecule has 1 aromatic carbocycles. The Morgan fingerprint density at radius 1 is 1.17 bits per heavy atom. The average molecular weight is 317 g/mol. The number of piperazine rings is 1. The monoisotopic (exact) mass is 317 g/mol. The molecule has 1 aliphatic heterocycles. The molecule has 5 nitrogen and oxygen atoms in total.